The van der Waals surface area contributed by atoms with E-state index in [1.54, 1.807) is 25.7 Å². The second kappa shape index (κ2) is 10.7. The van der Waals surface area contributed by atoms with Gasteiger partial charge in [-0.25, -0.2) is 0 Å². The molecule has 2 rings (SSSR count). The number of hydrogen-bond donors (Lipinski definition) is 0. The van der Waals surface area contributed by atoms with Crippen molar-refractivity contribution < 1.29 is 0 Å². The molecule has 0 unspecified atom stereocenters. The Morgan fingerprint density at radius 1 is 0.632 bits per heavy atom. The Labute approximate surface area is 122 Å². The minimum absolute atomic E-state index is 1.03. The standard InChI is InChI=1S/C13H24.C6H14/c1-11-7-9-13(10-8-11)12-5-3-2-4-6-12;1-3-5-6-4-2/h11-13H,2-10H2,1H3;3-6H2,1-2H3. The van der Waals surface area contributed by atoms with Crippen molar-refractivity contribution in [3.05, 3.63) is 0 Å². The van der Waals surface area contributed by atoms with Crippen molar-refractivity contribution in [1.29, 1.82) is 0 Å². The van der Waals surface area contributed by atoms with Crippen LogP contribution in [0.5, 0.6) is 0 Å². The molecule has 0 aliphatic heterocycles. The molecule has 0 spiro atoms. The Balaban J connectivity index is 0.000000258. The highest BCUT2D eigenvalue weighted by molar-refractivity contribution is 4.78. The minimum Gasteiger partial charge on any atom is -0.0654 e. The summed E-state index contributed by atoms with van der Waals surface area (Å²) in [4.78, 5) is 0. The van der Waals surface area contributed by atoms with Gasteiger partial charge in [0.2, 0.25) is 0 Å². The maximum absolute atomic E-state index is 2.43. The van der Waals surface area contributed by atoms with Crippen molar-refractivity contribution in [1.82, 2.24) is 0 Å². The fourth-order valence-electron chi connectivity index (χ4n) is 3.86. The van der Waals surface area contributed by atoms with Crippen LogP contribution in [0.25, 0.3) is 0 Å². The molecular formula is C19H38. The van der Waals surface area contributed by atoms with Gasteiger partial charge in [0.25, 0.3) is 0 Å². The summed E-state index contributed by atoms with van der Waals surface area (Å²) in [5.41, 5.74) is 0. The Morgan fingerprint density at radius 2 is 1.11 bits per heavy atom. The van der Waals surface area contributed by atoms with E-state index in [2.05, 4.69) is 20.8 Å². The van der Waals surface area contributed by atoms with E-state index >= 15 is 0 Å². The highest BCUT2D eigenvalue weighted by atomic mass is 14.3. The van der Waals surface area contributed by atoms with Crippen molar-refractivity contribution in [3.8, 4) is 0 Å². The molecule has 0 aromatic rings. The molecule has 2 aliphatic carbocycles. The van der Waals surface area contributed by atoms with Crippen LogP contribution in [0.1, 0.15) is 104 Å². The first-order chi connectivity index (χ1) is 9.27. The lowest BCUT2D eigenvalue weighted by Crippen LogP contribution is -2.22. The van der Waals surface area contributed by atoms with Gasteiger partial charge in [-0.1, -0.05) is 91.4 Å². The van der Waals surface area contributed by atoms with Gasteiger partial charge < -0.3 is 0 Å². The SMILES string of the molecule is CC1CCC(C2CCCCC2)CC1.CCCCCC. The van der Waals surface area contributed by atoms with Crippen molar-refractivity contribution in [2.24, 2.45) is 17.8 Å². The zero-order valence-corrected chi connectivity index (χ0v) is 13.9. The van der Waals surface area contributed by atoms with Gasteiger partial charge in [0.15, 0.2) is 0 Å². The zero-order valence-electron chi connectivity index (χ0n) is 13.9. The van der Waals surface area contributed by atoms with Crippen LogP contribution < -0.4 is 0 Å². The summed E-state index contributed by atoms with van der Waals surface area (Å²) in [6.07, 6.45) is 19.3. The summed E-state index contributed by atoms with van der Waals surface area (Å²) in [6.45, 7) is 6.89. The lowest BCUT2D eigenvalue weighted by atomic mass is 9.71. The summed E-state index contributed by atoms with van der Waals surface area (Å²) < 4.78 is 0. The monoisotopic (exact) mass is 266 g/mol. The lowest BCUT2D eigenvalue weighted by Gasteiger charge is -2.34. The van der Waals surface area contributed by atoms with Crippen LogP contribution in [-0.4, -0.2) is 0 Å². The van der Waals surface area contributed by atoms with Gasteiger partial charge in [0.1, 0.15) is 0 Å². The maximum Gasteiger partial charge on any atom is -0.0386 e. The predicted octanol–water partition coefficient (Wildman–Crippen LogP) is 6.98. The third-order valence-corrected chi connectivity index (χ3v) is 5.33. The largest absolute Gasteiger partial charge is 0.0654 e. The quantitative estimate of drug-likeness (QED) is 0.481. The molecule has 0 heterocycles. The molecule has 0 aromatic carbocycles. The van der Waals surface area contributed by atoms with Crippen LogP contribution in [0.4, 0.5) is 0 Å². The average Bonchev–Trinajstić information content (AvgIpc) is 2.47. The topological polar surface area (TPSA) is 0 Å². The van der Waals surface area contributed by atoms with E-state index < -0.39 is 0 Å². The first kappa shape index (κ1) is 17.1. The minimum atomic E-state index is 1.03. The van der Waals surface area contributed by atoms with Crippen LogP contribution >= 0.6 is 0 Å². The van der Waals surface area contributed by atoms with Crippen LogP contribution in [0, 0.1) is 17.8 Å². The molecule has 114 valence electrons. The third kappa shape index (κ3) is 7.37. The van der Waals surface area contributed by atoms with Gasteiger partial charge in [-0.2, -0.15) is 0 Å². The molecule has 0 radical (unpaired) electrons. The number of rotatable bonds is 4. The van der Waals surface area contributed by atoms with Crippen molar-refractivity contribution in [3.63, 3.8) is 0 Å². The first-order valence-corrected chi connectivity index (χ1v) is 9.27. The Morgan fingerprint density at radius 3 is 1.58 bits per heavy atom. The van der Waals surface area contributed by atoms with Gasteiger partial charge in [-0.3, -0.25) is 0 Å². The second-order valence-corrected chi connectivity index (χ2v) is 7.13. The Bertz CT molecular complexity index is 178. The van der Waals surface area contributed by atoms with Crippen molar-refractivity contribution in [2.45, 2.75) is 104 Å². The molecule has 0 heteroatoms. The van der Waals surface area contributed by atoms with E-state index in [0.29, 0.717) is 0 Å². The molecule has 0 aromatic heterocycles. The summed E-state index contributed by atoms with van der Waals surface area (Å²) >= 11 is 0. The van der Waals surface area contributed by atoms with Crippen LogP contribution in [-0.2, 0) is 0 Å². The molecule has 0 atom stereocenters. The van der Waals surface area contributed by atoms with Gasteiger partial charge in [0.05, 0.1) is 0 Å². The maximum atomic E-state index is 2.43. The lowest BCUT2D eigenvalue weighted by molar-refractivity contribution is 0.173. The first-order valence-electron chi connectivity index (χ1n) is 9.27. The summed E-state index contributed by atoms with van der Waals surface area (Å²) in [7, 11) is 0. The van der Waals surface area contributed by atoms with E-state index in [1.165, 1.54) is 57.8 Å². The van der Waals surface area contributed by atoms with E-state index in [0.717, 1.165) is 17.8 Å². The Kier molecular flexibility index (Phi) is 9.65. The molecule has 0 nitrogen and oxygen atoms in total. The molecule has 19 heavy (non-hydrogen) atoms. The van der Waals surface area contributed by atoms with Gasteiger partial charge in [-0.05, 0) is 30.6 Å². The van der Waals surface area contributed by atoms with Crippen LogP contribution in [0.3, 0.4) is 0 Å². The Hall–Kier alpha value is 0. The summed E-state index contributed by atoms with van der Waals surface area (Å²) in [5.74, 6) is 3.28. The number of unbranched alkanes of at least 4 members (excludes halogenated alkanes) is 3. The summed E-state index contributed by atoms with van der Waals surface area (Å²) in [5, 5.41) is 0. The van der Waals surface area contributed by atoms with Crippen molar-refractivity contribution in [2.75, 3.05) is 0 Å². The molecule has 2 fully saturated rings. The fourth-order valence-corrected chi connectivity index (χ4v) is 3.86. The van der Waals surface area contributed by atoms with Gasteiger partial charge in [0, 0.05) is 0 Å². The van der Waals surface area contributed by atoms with Crippen molar-refractivity contribution >= 4 is 0 Å². The molecular weight excluding hydrogens is 228 g/mol. The number of hydrogen-bond acceptors (Lipinski definition) is 0. The highest BCUT2D eigenvalue weighted by Crippen LogP contribution is 2.39. The van der Waals surface area contributed by atoms with Crippen LogP contribution in [0.2, 0.25) is 0 Å². The van der Waals surface area contributed by atoms with Gasteiger partial charge in [-0.15, -0.1) is 0 Å². The molecule has 0 bridgehead atoms. The average molecular weight is 267 g/mol. The molecule has 2 saturated carbocycles. The zero-order chi connectivity index (χ0) is 13.9. The van der Waals surface area contributed by atoms with Gasteiger partial charge >= 0.3 is 0 Å². The summed E-state index contributed by atoms with van der Waals surface area (Å²) in [6, 6.07) is 0. The fraction of sp³-hybridized carbons (Fsp3) is 1.00. The van der Waals surface area contributed by atoms with E-state index in [1.807, 2.05) is 0 Å². The predicted molar refractivity (Wildman–Crippen MR) is 87.5 cm³/mol. The molecule has 0 amide bonds. The smallest absolute Gasteiger partial charge is 0.0386 e. The van der Waals surface area contributed by atoms with E-state index in [-0.39, 0.29) is 0 Å². The molecule has 0 N–H and O–H groups in total. The van der Waals surface area contributed by atoms with E-state index in [9.17, 15) is 0 Å². The molecule has 2 aliphatic rings. The second-order valence-electron chi connectivity index (χ2n) is 7.13. The van der Waals surface area contributed by atoms with E-state index in [4.69, 9.17) is 0 Å². The van der Waals surface area contributed by atoms with Crippen LogP contribution in [0.15, 0.2) is 0 Å². The normalized spacial score (nSPS) is 28.6. The molecule has 0 saturated heterocycles. The third-order valence-electron chi connectivity index (χ3n) is 5.33. The highest BCUT2D eigenvalue weighted by Gasteiger charge is 2.26.